The van der Waals surface area contributed by atoms with E-state index in [1.807, 2.05) is 30.3 Å². The first-order chi connectivity index (χ1) is 32.2. The van der Waals surface area contributed by atoms with Gasteiger partial charge in [-0.05, 0) is 58.0 Å². The summed E-state index contributed by atoms with van der Waals surface area (Å²) in [4.78, 5) is 21.1. The van der Waals surface area contributed by atoms with Crippen LogP contribution >= 0.6 is 0 Å². The Bertz CT molecular complexity index is 3640. The SMILES string of the molecule is c1ccc(-c2ccc(-c3cc(-c4ccccc4)nc(-c4ccc(-c5ccc(-c6nc7ccccc7c7ccc8c(nc(-c9ccccc9)n8-c8ccccc8)c67)cc5)cc4)n3)cc2)cc1. The van der Waals surface area contributed by atoms with Crippen LogP contribution in [0.5, 0.6) is 0 Å². The molecule has 0 aliphatic rings. The zero-order valence-corrected chi connectivity index (χ0v) is 35.3. The average molecular weight is 830 g/mol. The number of rotatable bonds is 8. The molecule has 0 aliphatic carbocycles. The Balaban J connectivity index is 0.925. The van der Waals surface area contributed by atoms with Gasteiger partial charge in [0, 0.05) is 44.3 Å². The van der Waals surface area contributed by atoms with Gasteiger partial charge in [-0.3, -0.25) is 4.57 Å². The number of fused-ring (bicyclic) bond motifs is 5. The number of para-hydroxylation sites is 2. The number of benzene rings is 9. The third kappa shape index (κ3) is 7.02. The fourth-order valence-electron chi connectivity index (χ4n) is 8.99. The fourth-order valence-corrected chi connectivity index (χ4v) is 8.99. The Kier molecular flexibility index (Phi) is 9.42. The molecule has 0 amide bonds. The minimum Gasteiger partial charge on any atom is -0.292 e. The molecule has 0 radical (unpaired) electrons. The van der Waals surface area contributed by atoms with Gasteiger partial charge < -0.3 is 0 Å². The Morgan fingerprint density at radius 2 is 0.769 bits per heavy atom. The maximum atomic E-state index is 5.45. The number of pyridine rings is 1. The summed E-state index contributed by atoms with van der Waals surface area (Å²) in [5.74, 6) is 1.57. The van der Waals surface area contributed by atoms with E-state index in [9.17, 15) is 0 Å². The second kappa shape index (κ2) is 16.2. The second-order valence-corrected chi connectivity index (χ2v) is 16.2. The topological polar surface area (TPSA) is 56.5 Å². The maximum absolute atomic E-state index is 5.45. The Hall–Kier alpha value is -8.80. The van der Waals surface area contributed by atoms with Gasteiger partial charge in [0.1, 0.15) is 5.82 Å². The van der Waals surface area contributed by atoms with E-state index in [4.69, 9.17) is 19.9 Å². The molecular weight excluding hydrogens is 791 g/mol. The molecule has 0 saturated heterocycles. The second-order valence-electron chi connectivity index (χ2n) is 16.2. The Morgan fingerprint density at radius 3 is 1.38 bits per heavy atom. The molecule has 0 fully saturated rings. The van der Waals surface area contributed by atoms with Crippen molar-refractivity contribution in [2.24, 2.45) is 0 Å². The van der Waals surface area contributed by atoms with Crippen molar-refractivity contribution < 1.29 is 0 Å². The predicted octanol–water partition coefficient (Wildman–Crippen LogP) is 15.2. The lowest BCUT2D eigenvalue weighted by Gasteiger charge is -2.13. The minimum absolute atomic E-state index is 0.682. The Morgan fingerprint density at radius 1 is 0.308 bits per heavy atom. The molecule has 5 heteroatoms. The Labute approximate surface area is 376 Å². The molecule has 0 saturated carbocycles. The summed E-state index contributed by atoms with van der Waals surface area (Å²) >= 11 is 0. The fraction of sp³-hybridized carbons (Fsp3) is 0. The van der Waals surface area contributed by atoms with Gasteiger partial charge in [-0.25, -0.2) is 19.9 Å². The summed E-state index contributed by atoms with van der Waals surface area (Å²) in [6.07, 6.45) is 0. The van der Waals surface area contributed by atoms with Crippen LogP contribution in [0.25, 0.3) is 117 Å². The van der Waals surface area contributed by atoms with Crippen molar-refractivity contribution in [2.45, 2.75) is 0 Å². The summed E-state index contributed by atoms with van der Waals surface area (Å²) < 4.78 is 2.27. The van der Waals surface area contributed by atoms with Crippen LogP contribution in [-0.2, 0) is 0 Å². The van der Waals surface area contributed by atoms with E-state index in [1.165, 1.54) is 11.1 Å². The van der Waals surface area contributed by atoms with Gasteiger partial charge in [-0.1, -0.05) is 206 Å². The van der Waals surface area contributed by atoms with Crippen LogP contribution < -0.4 is 0 Å². The number of hydrogen-bond acceptors (Lipinski definition) is 4. The normalized spacial score (nSPS) is 11.4. The minimum atomic E-state index is 0.682. The van der Waals surface area contributed by atoms with Crippen LogP contribution in [0.2, 0.25) is 0 Å². The van der Waals surface area contributed by atoms with E-state index in [0.717, 1.165) is 100 Å². The number of aromatic nitrogens is 5. The van der Waals surface area contributed by atoms with E-state index in [-0.39, 0.29) is 0 Å². The van der Waals surface area contributed by atoms with Crippen molar-refractivity contribution in [1.29, 1.82) is 0 Å². The highest BCUT2D eigenvalue weighted by Gasteiger charge is 2.21. The van der Waals surface area contributed by atoms with Gasteiger partial charge in [0.15, 0.2) is 5.82 Å². The van der Waals surface area contributed by atoms with Crippen LogP contribution in [0.4, 0.5) is 0 Å². The lowest BCUT2D eigenvalue weighted by atomic mass is 9.97. The quantitative estimate of drug-likeness (QED) is 0.143. The smallest absolute Gasteiger partial charge is 0.160 e. The molecule has 0 aliphatic heterocycles. The lowest BCUT2D eigenvalue weighted by Crippen LogP contribution is -1.97. The first-order valence-corrected chi connectivity index (χ1v) is 21.9. The molecule has 65 heavy (non-hydrogen) atoms. The summed E-state index contributed by atoms with van der Waals surface area (Å²) in [5.41, 5.74) is 16.3. The third-order valence-corrected chi connectivity index (χ3v) is 12.3. The molecular formula is C60H39N5. The van der Waals surface area contributed by atoms with Crippen molar-refractivity contribution in [3.05, 3.63) is 237 Å². The standard InChI is InChI=1S/C60H39N5/c1-5-15-40(16-6-1)41-25-31-45(32-26-41)54-39-53(44-17-7-2-8-18-44)62-59(63-54)47-35-29-43(30-36-47)42-27-33-46(34-28-42)57-56-51(50-23-13-14-24-52(50)61-57)37-38-55-58(56)64-60(48-19-9-3-10-20-48)65(55)49-21-11-4-12-22-49/h1-39H. The molecule has 12 aromatic rings. The zero-order chi connectivity index (χ0) is 43.1. The van der Waals surface area contributed by atoms with E-state index >= 15 is 0 Å². The van der Waals surface area contributed by atoms with Crippen LogP contribution in [0.3, 0.4) is 0 Å². The number of hydrogen-bond donors (Lipinski definition) is 0. The van der Waals surface area contributed by atoms with Crippen molar-refractivity contribution in [3.8, 4) is 84.5 Å². The van der Waals surface area contributed by atoms with Crippen molar-refractivity contribution in [1.82, 2.24) is 24.5 Å². The van der Waals surface area contributed by atoms with Crippen molar-refractivity contribution in [2.75, 3.05) is 0 Å². The molecule has 5 nitrogen and oxygen atoms in total. The molecule has 0 N–H and O–H groups in total. The van der Waals surface area contributed by atoms with Crippen LogP contribution in [0, 0.1) is 0 Å². The van der Waals surface area contributed by atoms with Gasteiger partial charge >= 0.3 is 0 Å². The number of imidazole rings is 1. The van der Waals surface area contributed by atoms with Crippen molar-refractivity contribution >= 4 is 32.7 Å². The van der Waals surface area contributed by atoms with Gasteiger partial charge in [-0.2, -0.15) is 0 Å². The van der Waals surface area contributed by atoms with Gasteiger partial charge in [0.2, 0.25) is 0 Å². The summed E-state index contributed by atoms with van der Waals surface area (Å²) in [6, 6.07) is 82.5. The highest BCUT2D eigenvalue weighted by molar-refractivity contribution is 6.20. The average Bonchev–Trinajstić information content (AvgIpc) is 3.80. The van der Waals surface area contributed by atoms with Crippen molar-refractivity contribution in [3.63, 3.8) is 0 Å². The first-order valence-electron chi connectivity index (χ1n) is 21.9. The monoisotopic (exact) mass is 829 g/mol. The van der Waals surface area contributed by atoms with E-state index in [1.54, 1.807) is 0 Å². The van der Waals surface area contributed by atoms with Gasteiger partial charge in [0.05, 0.1) is 33.6 Å². The van der Waals surface area contributed by atoms with E-state index < -0.39 is 0 Å². The molecule has 3 heterocycles. The molecule has 3 aromatic heterocycles. The number of nitrogens with zero attached hydrogens (tertiary/aromatic N) is 5. The highest BCUT2D eigenvalue weighted by Crippen LogP contribution is 2.40. The molecule has 304 valence electrons. The molecule has 0 spiro atoms. The molecule has 0 bridgehead atoms. The highest BCUT2D eigenvalue weighted by atomic mass is 15.1. The third-order valence-electron chi connectivity index (χ3n) is 12.3. The van der Waals surface area contributed by atoms with Crippen LogP contribution in [-0.4, -0.2) is 24.5 Å². The lowest BCUT2D eigenvalue weighted by molar-refractivity contribution is 1.10. The molecule has 9 aromatic carbocycles. The molecule has 0 unspecified atom stereocenters. The molecule has 0 atom stereocenters. The van der Waals surface area contributed by atoms with E-state index in [0.29, 0.717) is 5.82 Å². The predicted molar refractivity (Wildman–Crippen MR) is 268 cm³/mol. The largest absolute Gasteiger partial charge is 0.292 e. The van der Waals surface area contributed by atoms with Crippen LogP contribution in [0.1, 0.15) is 0 Å². The van der Waals surface area contributed by atoms with Gasteiger partial charge in [-0.15, -0.1) is 0 Å². The van der Waals surface area contributed by atoms with Gasteiger partial charge in [0.25, 0.3) is 0 Å². The molecule has 12 rings (SSSR count). The summed E-state index contributed by atoms with van der Waals surface area (Å²) in [6.45, 7) is 0. The first kappa shape index (κ1) is 37.9. The zero-order valence-electron chi connectivity index (χ0n) is 35.3. The maximum Gasteiger partial charge on any atom is 0.160 e. The van der Waals surface area contributed by atoms with Crippen LogP contribution in [0.15, 0.2) is 237 Å². The van der Waals surface area contributed by atoms with E-state index in [2.05, 4.69) is 211 Å². The summed E-state index contributed by atoms with van der Waals surface area (Å²) in [5, 5.41) is 3.27. The summed E-state index contributed by atoms with van der Waals surface area (Å²) in [7, 11) is 0.